The van der Waals surface area contributed by atoms with Gasteiger partial charge in [0.15, 0.2) is 5.78 Å². The Kier molecular flexibility index (Phi) is 6.42. The highest BCUT2D eigenvalue weighted by Gasteiger charge is 2.57. The molecule has 2 heterocycles. The number of nitrogens with two attached hydrogens (primary N) is 1. The molecule has 4 rings (SSSR count). The van der Waals surface area contributed by atoms with Crippen LogP contribution in [0.4, 0.5) is 5.69 Å². The minimum atomic E-state index is -0.844. The Labute approximate surface area is 200 Å². The summed E-state index contributed by atoms with van der Waals surface area (Å²) in [5, 5.41) is 2.90. The molecular weight excluding hydrogens is 434 g/mol. The van der Waals surface area contributed by atoms with Crippen LogP contribution in [0.25, 0.3) is 0 Å². The molecule has 0 radical (unpaired) electrons. The van der Waals surface area contributed by atoms with E-state index in [-0.39, 0.29) is 42.0 Å². The molecule has 9 heteroatoms. The number of rotatable bonds is 7. The van der Waals surface area contributed by atoms with Crippen LogP contribution < -0.4 is 16.0 Å². The van der Waals surface area contributed by atoms with Crippen molar-refractivity contribution in [3.8, 4) is 0 Å². The van der Waals surface area contributed by atoms with Crippen molar-refractivity contribution >= 4 is 29.2 Å². The van der Waals surface area contributed by atoms with Gasteiger partial charge in [-0.3, -0.25) is 19.2 Å². The topological polar surface area (TPSA) is 116 Å². The molecule has 9 nitrogen and oxygen atoms in total. The summed E-state index contributed by atoms with van der Waals surface area (Å²) in [6, 6.07) is 5.43. The van der Waals surface area contributed by atoms with Crippen molar-refractivity contribution in [2.45, 2.75) is 63.2 Å². The van der Waals surface area contributed by atoms with Crippen LogP contribution in [0.3, 0.4) is 0 Å². The molecule has 0 bridgehead atoms. The van der Waals surface area contributed by atoms with Gasteiger partial charge in [-0.15, -0.1) is 0 Å². The van der Waals surface area contributed by atoms with E-state index in [0.29, 0.717) is 37.8 Å². The fraction of sp³-hybridized carbons (Fsp3) is 0.600. The van der Waals surface area contributed by atoms with E-state index in [1.807, 2.05) is 45.0 Å². The summed E-state index contributed by atoms with van der Waals surface area (Å²) >= 11 is 0. The number of amides is 3. The molecule has 34 heavy (non-hydrogen) atoms. The molecule has 184 valence electrons. The Morgan fingerprint density at radius 2 is 1.79 bits per heavy atom. The van der Waals surface area contributed by atoms with Crippen molar-refractivity contribution in [3.63, 3.8) is 0 Å². The van der Waals surface area contributed by atoms with Crippen LogP contribution in [0, 0.1) is 5.92 Å². The molecule has 0 spiro atoms. The van der Waals surface area contributed by atoms with Gasteiger partial charge < -0.3 is 25.8 Å². The molecule has 2 aliphatic heterocycles. The molecule has 1 saturated carbocycles. The first-order valence-corrected chi connectivity index (χ1v) is 12.0. The number of likely N-dealkylation sites (tertiary alicyclic amines) is 2. The van der Waals surface area contributed by atoms with Gasteiger partial charge in [0.25, 0.3) is 5.91 Å². The van der Waals surface area contributed by atoms with Crippen molar-refractivity contribution in [3.05, 3.63) is 29.8 Å². The molecule has 2 saturated heterocycles. The summed E-state index contributed by atoms with van der Waals surface area (Å²) in [6.07, 6.45) is 2.26. The molecular formula is C25H35N5O4. The third kappa shape index (κ3) is 4.53. The zero-order chi connectivity index (χ0) is 24.8. The zero-order valence-electron chi connectivity index (χ0n) is 20.4. The van der Waals surface area contributed by atoms with Gasteiger partial charge in [0.1, 0.15) is 12.1 Å². The Hall–Kier alpha value is -2.94. The van der Waals surface area contributed by atoms with E-state index >= 15 is 0 Å². The number of carbonyl (C=O) groups is 4. The van der Waals surface area contributed by atoms with E-state index < -0.39 is 17.6 Å². The quantitative estimate of drug-likeness (QED) is 0.609. The van der Waals surface area contributed by atoms with Crippen molar-refractivity contribution in [1.29, 1.82) is 0 Å². The summed E-state index contributed by atoms with van der Waals surface area (Å²) < 4.78 is 0. The SMILES string of the molecule is CC(C)C[C@H](NC(=O)c1ccc(N(C)C)cc1)C(=O)N1CCC2[C@H]1C(=O)CN2C(=O)C1(N)CC1. The van der Waals surface area contributed by atoms with E-state index in [0.717, 1.165) is 5.69 Å². The molecule has 3 fully saturated rings. The van der Waals surface area contributed by atoms with Gasteiger partial charge >= 0.3 is 0 Å². The van der Waals surface area contributed by atoms with Crippen LogP contribution in [0.2, 0.25) is 0 Å². The Balaban J connectivity index is 1.48. The first-order chi connectivity index (χ1) is 16.0. The highest BCUT2D eigenvalue weighted by molar-refractivity contribution is 6.02. The van der Waals surface area contributed by atoms with Crippen molar-refractivity contribution in [2.24, 2.45) is 11.7 Å². The average Bonchev–Trinajstić information content (AvgIpc) is 3.26. The number of ketones is 1. The first kappa shape index (κ1) is 24.2. The summed E-state index contributed by atoms with van der Waals surface area (Å²) in [6.45, 7) is 4.35. The van der Waals surface area contributed by atoms with Crippen LogP contribution in [0.5, 0.6) is 0 Å². The molecule has 1 aliphatic carbocycles. The molecule has 1 aromatic rings. The number of hydrogen-bond acceptors (Lipinski definition) is 6. The van der Waals surface area contributed by atoms with Crippen LogP contribution in [0.1, 0.15) is 49.9 Å². The smallest absolute Gasteiger partial charge is 0.251 e. The molecule has 0 aromatic heterocycles. The van der Waals surface area contributed by atoms with Gasteiger partial charge in [-0.1, -0.05) is 13.8 Å². The zero-order valence-corrected chi connectivity index (χ0v) is 20.4. The molecule has 1 aromatic carbocycles. The number of fused-ring (bicyclic) bond motifs is 1. The Bertz CT molecular complexity index is 986. The normalized spacial score (nSPS) is 23.6. The summed E-state index contributed by atoms with van der Waals surface area (Å²) in [5.41, 5.74) is 6.70. The third-order valence-corrected chi connectivity index (χ3v) is 7.14. The molecule has 1 unspecified atom stereocenters. The lowest BCUT2D eigenvalue weighted by molar-refractivity contribution is -0.138. The van der Waals surface area contributed by atoms with Gasteiger partial charge in [-0.2, -0.15) is 0 Å². The third-order valence-electron chi connectivity index (χ3n) is 7.14. The number of nitrogens with one attached hydrogen (secondary N) is 1. The van der Waals surface area contributed by atoms with Crippen LogP contribution in [0.15, 0.2) is 24.3 Å². The number of hydrogen-bond donors (Lipinski definition) is 2. The lowest BCUT2D eigenvalue weighted by Crippen LogP contribution is -2.53. The van der Waals surface area contributed by atoms with Gasteiger partial charge in [-0.25, -0.2) is 0 Å². The van der Waals surface area contributed by atoms with E-state index in [9.17, 15) is 19.2 Å². The van der Waals surface area contributed by atoms with E-state index in [1.54, 1.807) is 21.9 Å². The summed E-state index contributed by atoms with van der Waals surface area (Å²) in [7, 11) is 3.85. The van der Waals surface area contributed by atoms with Gasteiger partial charge in [0.05, 0.1) is 18.1 Å². The van der Waals surface area contributed by atoms with Crippen LogP contribution in [-0.2, 0) is 14.4 Å². The predicted molar refractivity (Wildman–Crippen MR) is 128 cm³/mol. The Morgan fingerprint density at radius 1 is 1.15 bits per heavy atom. The van der Waals surface area contributed by atoms with E-state index in [2.05, 4.69) is 5.32 Å². The molecule has 3 atom stereocenters. The molecule has 3 N–H and O–H groups in total. The maximum absolute atomic E-state index is 13.6. The lowest BCUT2D eigenvalue weighted by Gasteiger charge is -2.29. The average molecular weight is 470 g/mol. The minimum Gasteiger partial charge on any atom is -0.378 e. The van der Waals surface area contributed by atoms with Crippen LogP contribution in [-0.4, -0.2) is 84.2 Å². The maximum Gasteiger partial charge on any atom is 0.251 e. The highest BCUT2D eigenvalue weighted by Crippen LogP contribution is 2.38. The maximum atomic E-state index is 13.6. The number of benzene rings is 1. The molecule has 3 amide bonds. The van der Waals surface area contributed by atoms with Gasteiger partial charge in [-0.05, 0) is 55.9 Å². The van der Waals surface area contributed by atoms with E-state index in [1.165, 1.54) is 0 Å². The number of nitrogens with zero attached hydrogens (tertiary/aromatic N) is 3. The fourth-order valence-corrected chi connectivity index (χ4v) is 5.02. The largest absolute Gasteiger partial charge is 0.378 e. The lowest BCUT2D eigenvalue weighted by atomic mass is 10.0. The second-order valence-electron chi connectivity index (χ2n) is 10.5. The summed E-state index contributed by atoms with van der Waals surface area (Å²) in [5.74, 6) is -0.754. The highest BCUT2D eigenvalue weighted by atomic mass is 16.2. The van der Waals surface area contributed by atoms with Crippen molar-refractivity contribution in [1.82, 2.24) is 15.1 Å². The second-order valence-corrected chi connectivity index (χ2v) is 10.5. The predicted octanol–water partition coefficient (Wildman–Crippen LogP) is 0.769. The van der Waals surface area contributed by atoms with Crippen molar-refractivity contribution < 1.29 is 19.2 Å². The fourth-order valence-electron chi connectivity index (χ4n) is 5.02. The molecule has 3 aliphatic rings. The number of carbonyl (C=O) groups excluding carboxylic acids is 4. The summed E-state index contributed by atoms with van der Waals surface area (Å²) in [4.78, 5) is 57.4. The number of anilines is 1. The first-order valence-electron chi connectivity index (χ1n) is 12.0. The van der Waals surface area contributed by atoms with Crippen molar-refractivity contribution in [2.75, 3.05) is 32.1 Å². The van der Waals surface area contributed by atoms with Crippen LogP contribution >= 0.6 is 0 Å². The minimum absolute atomic E-state index is 0.00364. The van der Waals surface area contributed by atoms with Gasteiger partial charge in [0.2, 0.25) is 11.8 Å². The van der Waals surface area contributed by atoms with Gasteiger partial charge in [0, 0.05) is 31.9 Å². The van der Waals surface area contributed by atoms with E-state index in [4.69, 9.17) is 5.73 Å². The standard InChI is InChI=1S/C25H35N5O4/c1-15(2)13-18(27-22(32)16-5-7-17(8-6-16)28(3)4)23(33)29-12-9-19-21(29)20(31)14-30(19)24(34)25(26)10-11-25/h5-8,15,18-19,21H,9-14,26H2,1-4H3,(H,27,32)/t18-,19?,21-/m0/s1. The monoisotopic (exact) mass is 469 g/mol. The Morgan fingerprint density at radius 3 is 2.35 bits per heavy atom. The second kappa shape index (κ2) is 9.02. The number of Topliss-reactive ketones (excluding diaryl/α,β-unsaturated/α-hetero) is 1.